The molecule has 1 atom stereocenters. The molecule has 0 aliphatic carbocycles. The van der Waals surface area contributed by atoms with Gasteiger partial charge in [0.25, 0.3) is 0 Å². The lowest BCUT2D eigenvalue weighted by Gasteiger charge is -2.31. The maximum Gasteiger partial charge on any atom is 0.223 e. The highest BCUT2D eigenvalue weighted by Gasteiger charge is 2.18. The Morgan fingerprint density at radius 1 is 1.48 bits per heavy atom. The third-order valence-electron chi connectivity index (χ3n) is 4.27. The number of hydrogen-bond donors (Lipinski definition) is 2. The summed E-state index contributed by atoms with van der Waals surface area (Å²) in [6, 6.07) is 1.53. The molecular weight excluding hydrogens is 294 g/mol. The molecule has 0 spiro atoms. The highest BCUT2D eigenvalue weighted by Crippen LogP contribution is 2.18. The molecule has 6 heteroatoms. The van der Waals surface area contributed by atoms with E-state index in [0.29, 0.717) is 19.0 Å². The largest absolute Gasteiger partial charge is 0.503 e. The molecule has 2 heterocycles. The van der Waals surface area contributed by atoms with E-state index in [2.05, 4.69) is 17.1 Å². The molecule has 1 aromatic heterocycles. The molecule has 0 bridgehead atoms. The molecule has 0 saturated carbocycles. The highest BCUT2D eigenvalue weighted by atomic mass is 16.3. The summed E-state index contributed by atoms with van der Waals surface area (Å²) in [6.45, 7) is 7.80. The summed E-state index contributed by atoms with van der Waals surface area (Å²) in [5, 5.41) is 12.5. The van der Waals surface area contributed by atoms with Crippen LogP contribution >= 0.6 is 0 Å². The van der Waals surface area contributed by atoms with Gasteiger partial charge in [-0.2, -0.15) is 0 Å². The Labute approximate surface area is 137 Å². The van der Waals surface area contributed by atoms with Crippen molar-refractivity contribution >= 4 is 5.91 Å². The normalized spacial score (nSPS) is 18.8. The van der Waals surface area contributed by atoms with Gasteiger partial charge in [0.1, 0.15) is 0 Å². The number of pyridine rings is 1. The fourth-order valence-corrected chi connectivity index (χ4v) is 3.12. The van der Waals surface area contributed by atoms with Crippen LogP contribution in [-0.4, -0.2) is 40.1 Å². The van der Waals surface area contributed by atoms with Crippen molar-refractivity contribution < 1.29 is 9.90 Å². The topological polar surface area (TPSA) is 74.6 Å². The zero-order valence-electron chi connectivity index (χ0n) is 14.0. The van der Waals surface area contributed by atoms with Crippen molar-refractivity contribution in [1.29, 1.82) is 0 Å². The standard InChI is InChI=1S/C17H27N3O3/c1-13-5-3-7-19(10-13)11-15-9-16(22)17(23)12-20(15)8-4-6-18-14(2)21/h9,12-13,23H,3-8,10-11H2,1-2H3,(H,18,21). The highest BCUT2D eigenvalue weighted by molar-refractivity contribution is 5.72. The van der Waals surface area contributed by atoms with Gasteiger partial charge in [-0.1, -0.05) is 6.92 Å². The van der Waals surface area contributed by atoms with Crippen molar-refractivity contribution in [3.8, 4) is 5.75 Å². The molecule has 1 saturated heterocycles. The van der Waals surface area contributed by atoms with Gasteiger partial charge < -0.3 is 15.0 Å². The van der Waals surface area contributed by atoms with Crippen molar-refractivity contribution in [1.82, 2.24) is 14.8 Å². The number of aryl methyl sites for hydroxylation is 1. The van der Waals surface area contributed by atoms with Gasteiger partial charge in [0.2, 0.25) is 11.3 Å². The van der Waals surface area contributed by atoms with Gasteiger partial charge >= 0.3 is 0 Å². The van der Waals surface area contributed by atoms with Crippen LogP contribution in [0.4, 0.5) is 0 Å². The number of piperidine rings is 1. The summed E-state index contributed by atoms with van der Waals surface area (Å²) in [4.78, 5) is 25.1. The second-order valence-corrected chi connectivity index (χ2v) is 6.53. The molecule has 1 aliphatic rings. The first-order valence-electron chi connectivity index (χ1n) is 8.35. The lowest BCUT2D eigenvalue weighted by atomic mass is 10.0. The van der Waals surface area contributed by atoms with E-state index in [0.717, 1.165) is 31.7 Å². The molecule has 1 aromatic rings. The molecule has 1 aliphatic heterocycles. The van der Waals surface area contributed by atoms with E-state index < -0.39 is 0 Å². The van der Waals surface area contributed by atoms with Crippen LogP contribution in [-0.2, 0) is 17.9 Å². The van der Waals surface area contributed by atoms with E-state index >= 15 is 0 Å². The summed E-state index contributed by atoms with van der Waals surface area (Å²) >= 11 is 0. The molecular formula is C17H27N3O3. The Kier molecular flexibility index (Phi) is 6.21. The molecule has 0 radical (unpaired) electrons. The van der Waals surface area contributed by atoms with Crippen LogP contribution < -0.4 is 10.7 Å². The van der Waals surface area contributed by atoms with Crippen LogP contribution in [0.15, 0.2) is 17.1 Å². The zero-order chi connectivity index (χ0) is 16.8. The van der Waals surface area contributed by atoms with Gasteiger partial charge in [-0.3, -0.25) is 14.5 Å². The van der Waals surface area contributed by atoms with Crippen LogP contribution in [0.3, 0.4) is 0 Å². The summed E-state index contributed by atoms with van der Waals surface area (Å²) in [5.74, 6) is 0.413. The van der Waals surface area contributed by atoms with Crippen LogP contribution in [0, 0.1) is 5.92 Å². The van der Waals surface area contributed by atoms with E-state index in [1.165, 1.54) is 32.0 Å². The minimum Gasteiger partial charge on any atom is -0.503 e. The predicted octanol–water partition coefficient (Wildman–Crippen LogP) is 1.31. The fraction of sp³-hybridized carbons (Fsp3) is 0.647. The van der Waals surface area contributed by atoms with Crippen LogP contribution in [0.25, 0.3) is 0 Å². The zero-order valence-corrected chi connectivity index (χ0v) is 14.0. The molecule has 1 unspecified atom stereocenters. The third kappa shape index (κ3) is 5.39. The fourth-order valence-electron chi connectivity index (χ4n) is 3.12. The number of nitrogens with zero attached hydrogens (tertiary/aromatic N) is 2. The SMILES string of the molecule is CC(=O)NCCCn1cc(O)c(=O)cc1CN1CCCC(C)C1. The van der Waals surface area contributed by atoms with Crippen LogP contribution in [0.5, 0.6) is 5.75 Å². The van der Waals surface area contributed by atoms with Crippen LogP contribution in [0.2, 0.25) is 0 Å². The van der Waals surface area contributed by atoms with Gasteiger partial charge in [0, 0.05) is 44.9 Å². The van der Waals surface area contributed by atoms with Gasteiger partial charge in [0.15, 0.2) is 5.75 Å². The van der Waals surface area contributed by atoms with Crippen molar-refractivity contribution in [2.45, 2.75) is 46.2 Å². The third-order valence-corrected chi connectivity index (χ3v) is 4.27. The molecule has 2 rings (SSSR count). The molecule has 128 valence electrons. The maximum atomic E-state index is 11.8. The van der Waals surface area contributed by atoms with Crippen molar-refractivity contribution in [3.63, 3.8) is 0 Å². The van der Waals surface area contributed by atoms with Crippen molar-refractivity contribution in [3.05, 3.63) is 28.2 Å². The lowest BCUT2D eigenvalue weighted by Crippen LogP contribution is -2.35. The molecule has 1 amide bonds. The average Bonchev–Trinajstić information content (AvgIpc) is 2.48. The minimum atomic E-state index is -0.330. The smallest absolute Gasteiger partial charge is 0.223 e. The minimum absolute atomic E-state index is 0.0460. The van der Waals surface area contributed by atoms with E-state index in [1.807, 2.05) is 4.57 Å². The monoisotopic (exact) mass is 321 g/mol. The second kappa shape index (κ2) is 8.15. The van der Waals surface area contributed by atoms with Gasteiger partial charge in [-0.25, -0.2) is 0 Å². The van der Waals surface area contributed by atoms with E-state index in [9.17, 15) is 14.7 Å². The maximum absolute atomic E-state index is 11.8. The Morgan fingerprint density at radius 2 is 2.26 bits per heavy atom. The number of hydrogen-bond acceptors (Lipinski definition) is 4. The molecule has 0 aromatic carbocycles. The van der Waals surface area contributed by atoms with E-state index in [4.69, 9.17) is 0 Å². The Balaban J connectivity index is 2.05. The lowest BCUT2D eigenvalue weighted by molar-refractivity contribution is -0.118. The Bertz CT molecular complexity index is 597. The molecule has 2 N–H and O–H groups in total. The number of aromatic hydroxyl groups is 1. The average molecular weight is 321 g/mol. The summed E-state index contributed by atoms with van der Waals surface area (Å²) in [7, 11) is 0. The molecule has 23 heavy (non-hydrogen) atoms. The Hall–Kier alpha value is -1.82. The predicted molar refractivity (Wildman–Crippen MR) is 89.3 cm³/mol. The number of rotatable bonds is 6. The van der Waals surface area contributed by atoms with E-state index in [1.54, 1.807) is 0 Å². The number of likely N-dealkylation sites (tertiary alicyclic amines) is 1. The van der Waals surface area contributed by atoms with E-state index in [-0.39, 0.29) is 17.1 Å². The number of aromatic nitrogens is 1. The molecule has 1 fully saturated rings. The Morgan fingerprint density at radius 3 is 2.96 bits per heavy atom. The number of amides is 1. The van der Waals surface area contributed by atoms with Crippen molar-refractivity contribution in [2.75, 3.05) is 19.6 Å². The number of carbonyl (C=O) groups is 1. The summed E-state index contributed by atoms with van der Waals surface area (Å²) in [5.41, 5.74) is 0.591. The van der Waals surface area contributed by atoms with Gasteiger partial charge in [-0.15, -0.1) is 0 Å². The van der Waals surface area contributed by atoms with Crippen molar-refractivity contribution in [2.24, 2.45) is 5.92 Å². The van der Waals surface area contributed by atoms with Gasteiger partial charge in [0.05, 0.1) is 6.20 Å². The van der Waals surface area contributed by atoms with Gasteiger partial charge in [-0.05, 0) is 31.7 Å². The summed E-state index contributed by atoms with van der Waals surface area (Å²) in [6.07, 6.45) is 4.71. The summed E-state index contributed by atoms with van der Waals surface area (Å²) < 4.78 is 1.93. The second-order valence-electron chi connectivity index (χ2n) is 6.53. The molecule has 6 nitrogen and oxygen atoms in total. The first kappa shape index (κ1) is 17.5. The first-order valence-corrected chi connectivity index (χ1v) is 8.35. The van der Waals surface area contributed by atoms with Crippen LogP contribution in [0.1, 0.15) is 38.8 Å². The quantitative estimate of drug-likeness (QED) is 0.775. The number of carbonyl (C=O) groups excluding carboxylic acids is 1. The first-order chi connectivity index (χ1) is 11.0. The number of nitrogens with one attached hydrogen (secondary N) is 1.